The maximum Gasteiger partial charge on any atom is 0.222 e. The molecule has 0 aromatic rings. The van der Waals surface area contributed by atoms with Crippen molar-refractivity contribution >= 4 is 5.91 Å². The van der Waals surface area contributed by atoms with Crippen LogP contribution in [0.2, 0.25) is 0 Å². The van der Waals surface area contributed by atoms with E-state index in [0.29, 0.717) is 6.42 Å². The van der Waals surface area contributed by atoms with E-state index in [2.05, 4.69) is 18.8 Å². The van der Waals surface area contributed by atoms with E-state index in [1.54, 1.807) is 0 Å². The molecule has 0 aliphatic heterocycles. The molecule has 1 unspecified atom stereocenters. The molecule has 1 N–H and O–H groups in total. The Balaban J connectivity index is 3.16. The average Bonchev–Trinajstić information content (AvgIpc) is 2.58. The quantitative estimate of drug-likeness (QED) is 0.156. The molecule has 0 saturated heterocycles. The van der Waals surface area contributed by atoms with Gasteiger partial charge in [-0.2, -0.15) is 0 Å². The van der Waals surface area contributed by atoms with Crippen LogP contribution in [0.25, 0.3) is 0 Å². The molecule has 3 heteroatoms. The molecule has 0 spiro atoms. The largest absolute Gasteiger partial charge is 0.479 e. The van der Waals surface area contributed by atoms with Crippen molar-refractivity contribution in [2.75, 3.05) is 0 Å². The third kappa shape index (κ3) is 19.2. The second-order valence-corrected chi connectivity index (χ2v) is 7.21. The molecule has 0 radical (unpaired) electrons. The first-order chi connectivity index (χ1) is 12.2. The summed E-state index contributed by atoms with van der Waals surface area (Å²) in [5.74, 6) is 0.0732. The Morgan fingerprint density at radius 1 is 0.840 bits per heavy atom. The first-order valence-electron chi connectivity index (χ1n) is 10.8. The van der Waals surface area contributed by atoms with E-state index in [9.17, 15) is 4.79 Å². The fraction of sp³-hybridized carbons (Fsp3) is 0.864. The van der Waals surface area contributed by atoms with Gasteiger partial charge >= 0.3 is 0 Å². The lowest BCUT2D eigenvalue weighted by molar-refractivity contribution is -0.124. The number of nitrogens with one attached hydrogen (secondary N) is 1. The summed E-state index contributed by atoms with van der Waals surface area (Å²) in [4.78, 5) is 11.6. The molecule has 0 aliphatic carbocycles. The molecule has 1 amide bonds. The molecule has 0 saturated carbocycles. The number of carbonyl (C=O) groups is 1. The van der Waals surface area contributed by atoms with E-state index in [1.807, 2.05) is 6.92 Å². The van der Waals surface area contributed by atoms with Gasteiger partial charge in [-0.05, 0) is 13.3 Å². The summed E-state index contributed by atoms with van der Waals surface area (Å²) in [5, 5.41) is 2.80. The maximum absolute atomic E-state index is 11.6. The van der Waals surface area contributed by atoms with E-state index >= 15 is 0 Å². The van der Waals surface area contributed by atoms with Gasteiger partial charge in [0.05, 0.1) is 6.26 Å². The predicted octanol–water partition coefficient (Wildman–Crippen LogP) is 6.87. The van der Waals surface area contributed by atoms with Crippen molar-refractivity contribution in [1.29, 1.82) is 0 Å². The molecule has 0 rings (SSSR count). The molecule has 3 nitrogen and oxygen atoms in total. The number of ether oxygens (including phenoxy) is 1. The van der Waals surface area contributed by atoms with Crippen LogP contribution in [0.15, 0.2) is 12.8 Å². The van der Waals surface area contributed by atoms with Gasteiger partial charge in [0, 0.05) is 6.42 Å². The zero-order chi connectivity index (χ0) is 18.6. The Kier molecular flexibility index (Phi) is 18.6. The van der Waals surface area contributed by atoms with Gasteiger partial charge < -0.3 is 10.1 Å². The Hall–Kier alpha value is -0.990. The maximum atomic E-state index is 11.6. The van der Waals surface area contributed by atoms with Gasteiger partial charge in [-0.1, -0.05) is 103 Å². The summed E-state index contributed by atoms with van der Waals surface area (Å²) in [6.07, 6.45) is 21.9. The Bertz CT molecular complexity index is 304. The van der Waals surface area contributed by atoms with E-state index in [4.69, 9.17) is 4.74 Å². The fourth-order valence-electron chi connectivity index (χ4n) is 3.13. The van der Waals surface area contributed by atoms with Crippen LogP contribution in [0.3, 0.4) is 0 Å². The fourth-order valence-corrected chi connectivity index (χ4v) is 3.13. The highest BCUT2D eigenvalue weighted by Gasteiger charge is 2.05. The van der Waals surface area contributed by atoms with Gasteiger partial charge in [0.15, 0.2) is 6.23 Å². The lowest BCUT2D eigenvalue weighted by Gasteiger charge is -2.12. The summed E-state index contributed by atoms with van der Waals surface area (Å²) in [7, 11) is 0. The zero-order valence-corrected chi connectivity index (χ0v) is 17.0. The number of hydrogen-bond donors (Lipinski definition) is 1. The van der Waals surface area contributed by atoms with Gasteiger partial charge in [-0.25, -0.2) is 0 Å². The predicted molar refractivity (Wildman–Crippen MR) is 108 cm³/mol. The second kappa shape index (κ2) is 19.3. The second-order valence-electron chi connectivity index (χ2n) is 7.21. The average molecular weight is 354 g/mol. The first-order valence-corrected chi connectivity index (χ1v) is 10.8. The summed E-state index contributed by atoms with van der Waals surface area (Å²) in [6, 6.07) is 0. The summed E-state index contributed by atoms with van der Waals surface area (Å²) < 4.78 is 5.07. The van der Waals surface area contributed by atoms with E-state index in [0.717, 1.165) is 12.8 Å². The van der Waals surface area contributed by atoms with Crippen molar-refractivity contribution in [3.63, 3.8) is 0 Å². The third-order valence-electron chi connectivity index (χ3n) is 4.67. The molecular weight excluding hydrogens is 310 g/mol. The molecular formula is C22H43NO2. The molecule has 0 heterocycles. The first kappa shape index (κ1) is 24.0. The van der Waals surface area contributed by atoms with Crippen molar-refractivity contribution in [2.45, 2.75) is 123 Å². The normalized spacial score (nSPS) is 11.9. The van der Waals surface area contributed by atoms with Gasteiger partial charge in [0.2, 0.25) is 5.91 Å². The minimum Gasteiger partial charge on any atom is -0.479 e. The lowest BCUT2D eigenvalue weighted by Crippen LogP contribution is -2.33. The minimum absolute atomic E-state index is 0.0732. The smallest absolute Gasteiger partial charge is 0.222 e. The molecule has 0 aromatic carbocycles. The van der Waals surface area contributed by atoms with Crippen LogP contribution in [-0.4, -0.2) is 12.1 Å². The van der Waals surface area contributed by atoms with Crippen LogP contribution >= 0.6 is 0 Å². The van der Waals surface area contributed by atoms with E-state index in [1.165, 1.54) is 89.7 Å². The van der Waals surface area contributed by atoms with Gasteiger partial charge in [-0.3, -0.25) is 4.79 Å². The summed E-state index contributed by atoms with van der Waals surface area (Å²) >= 11 is 0. The van der Waals surface area contributed by atoms with Crippen molar-refractivity contribution in [3.05, 3.63) is 12.8 Å². The van der Waals surface area contributed by atoms with Gasteiger partial charge in [0.25, 0.3) is 0 Å². The number of carbonyl (C=O) groups excluding carboxylic acids is 1. The van der Waals surface area contributed by atoms with Crippen molar-refractivity contribution in [3.8, 4) is 0 Å². The monoisotopic (exact) mass is 353 g/mol. The Labute approximate surface area is 157 Å². The molecule has 0 fully saturated rings. The zero-order valence-electron chi connectivity index (χ0n) is 17.0. The van der Waals surface area contributed by atoms with Crippen molar-refractivity contribution in [2.24, 2.45) is 0 Å². The molecule has 148 valence electrons. The van der Waals surface area contributed by atoms with E-state index in [-0.39, 0.29) is 12.1 Å². The van der Waals surface area contributed by atoms with Crippen LogP contribution < -0.4 is 5.32 Å². The molecule has 25 heavy (non-hydrogen) atoms. The molecule has 0 bridgehead atoms. The van der Waals surface area contributed by atoms with Crippen LogP contribution in [0, 0.1) is 0 Å². The highest BCUT2D eigenvalue weighted by Crippen LogP contribution is 2.13. The van der Waals surface area contributed by atoms with E-state index < -0.39 is 0 Å². The third-order valence-corrected chi connectivity index (χ3v) is 4.67. The SMILES string of the molecule is C=COC(C)NC(=O)CCCCCCCCCCCCCCCCC. The van der Waals surface area contributed by atoms with Gasteiger partial charge in [-0.15, -0.1) is 0 Å². The molecule has 0 aromatic heterocycles. The van der Waals surface area contributed by atoms with Crippen LogP contribution in [0.1, 0.15) is 117 Å². The molecule has 0 aliphatic rings. The van der Waals surface area contributed by atoms with Crippen LogP contribution in [0.4, 0.5) is 0 Å². The standard InChI is InChI=1S/C22H43NO2/c1-4-6-7-8-9-10-11-12-13-14-15-16-17-18-19-20-22(24)23-21(3)25-5-2/h5,21H,2,4,6-20H2,1,3H3,(H,23,24). The Morgan fingerprint density at radius 3 is 1.64 bits per heavy atom. The number of rotatable bonds is 19. The minimum atomic E-state index is -0.277. The summed E-state index contributed by atoms with van der Waals surface area (Å²) in [6.45, 7) is 7.57. The van der Waals surface area contributed by atoms with Crippen molar-refractivity contribution < 1.29 is 9.53 Å². The lowest BCUT2D eigenvalue weighted by atomic mass is 10.0. The summed E-state index contributed by atoms with van der Waals surface area (Å²) in [5.41, 5.74) is 0. The van der Waals surface area contributed by atoms with Gasteiger partial charge in [0.1, 0.15) is 0 Å². The van der Waals surface area contributed by atoms with Crippen molar-refractivity contribution in [1.82, 2.24) is 5.32 Å². The number of hydrogen-bond acceptors (Lipinski definition) is 2. The van der Waals surface area contributed by atoms with Crippen LogP contribution in [0.5, 0.6) is 0 Å². The van der Waals surface area contributed by atoms with Crippen LogP contribution in [-0.2, 0) is 9.53 Å². The topological polar surface area (TPSA) is 38.3 Å². The highest BCUT2D eigenvalue weighted by molar-refractivity contribution is 5.75. The molecule has 1 atom stereocenters. The Morgan fingerprint density at radius 2 is 1.24 bits per heavy atom. The number of unbranched alkanes of at least 4 members (excludes halogenated alkanes) is 14. The highest BCUT2D eigenvalue weighted by atomic mass is 16.5. The number of amides is 1.